The molecule has 1 atom stereocenters. The first-order chi connectivity index (χ1) is 12.7. The fourth-order valence-electron chi connectivity index (χ4n) is 2.27. The van der Waals surface area contributed by atoms with Crippen LogP contribution in [0.5, 0.6) is 0 Å². The van der Waals surface area contributed by atoms with Crippen LogP contribution in [0.1, 0.15) is 31.1 Å². The Labute approximate surface area is 172 Å². The molecular weight excluding hydrogens is 455 g/mol. The molecule has 7 nitrogen and oxygen atoms in total. The molecule has 140 valence electrons. The van der Waals surface area contributed by atoms with E-state index in [2.05, 4.69) is 43.2 Å². The van der Waals surface area contributed by atoms with Crippen molar-refractivity contribution in [2.75, 3.05) is 0 Å². The molecule has 0 saturated carbocycles. The lowest BCUT2D eigenvalue weighted by Gasteiger charge is -2.42. The van der Waals surface area contributed by atoms with E-state index in [-0.39, 0.29) is 11.7 Å². The van der Waals surface area contributed by atoms with Gasteiger partial charge in [0, 0.05) is 20.7 Å². The normalized spacial score (nSPS) is 14.0. The van der Waals surface area contributed by atoms with Crippen LogP contribution in [0.15, 0.2) is 53.8 Å². The fraction of sp³-hybridized carbons (Fsp3) is 0.263. The van der Waals surface area contributed by atoms with E-state index in [1.165, 1.54) is 0 Å². The molecule has 27 heavy (non-hydrogen) atoms. The smallest absolute Gasteiger partial charge is 0.253 e. The van der Waals surface area contributed by atoms with E-state index in [0.717, 1.165) is 3.57 Å². The Hall–Kier alpha value is -2.51. The van der Waals surface area contributed by atoms with E-state index in [4.69, 9.17) is 5.73 Å². The summed E-state index contributed by atoms with van der Waals surface area (Å²) in [6.45, 7) is 5.58. The number of amidine groups is 1. The van der Waals surface area contributed by atoms with Crippen molar-refractivity contribution < 1.29 is 4.79 Å². The number of carbonyl (C=O) groups excluding carboxylic acids is 1. The molecule has 0 radical (unpaired) electrons. The first-order valence-corrected chi connectivity index (χ1v) is 9.26. The average molecular weight is 476 g/mol. The standard InChI is InChI=1S/C19H21IN6O/c1-18(2,3)19(22,26-16(27)13-6-8-14(20)9-7-13)17(24-12-21)25-15-5-4-10-23-11-15/h4-11H,22H2,1-3H3,(H,24,25)(H,26,27). The summed E-state index contributed by atoms with van der Waals surface area (Å²) in [7, 11) is 0. The maximum absolute atomic E-state index is 12.8. The van der Waals surface area contributed by atoms with Crippen molar-refractivity contribution in [2.24, 2.45) is 16.1 Å². The van der Waals surface area contributed by atoms with Crippen LogP contribution in [-0.4, -0.2) is 22.4 Å². The summed E-state index contributed by atoms with van der Waals surface area (Å²) >= 11 is 2.17. The lowest BCUT2D eigenvalue weighted by atomic mass is 9.79. The van der Waals surface area contributed by atoms with Crippen molar-refractivity contribution in [1.29, 1.82) is 5.26 Å². The Morgan fingerprint density at radius 3 is 2.44 bits per heavy atom. The highest BCUT2D eigenvalue weighted by Crippen LogP contribution is 2.28. The number of amides is 1. The predicted molar refractivity (Wildman–Crippen MR) is 113 cm³/mol. The number of nitriles is 1. The molecule has 1 heterocycles. The molecule has 0 saturated heterocycles. The average Bonchev–Trinajstić information content (AvgIpc) is 2.61. The first kappa shape index (κ1) is 20.8. The lowest BCUT2D eigenvalue weighted by Crippen LogP contribution is -2.71. The Kier molecular flexibility index (Phi) is 6.51. The minimum absolute atomic E-state index is 0.129. The van der Waals surface area contributed by atoms with Gasteiger partial charge in [-0.3, -0.25) is 15.1 Å². The third-order valence-corrected chi connectivity index (χ3v) is 4.75. The van der Waals surface area contributed by atoms with Crippen molar-refractivity contribution in [1.82, 2.24) is 15.6 Å². The van der Waals surface area contributed by atoms with Gasteiger partial charge in [-0.2, -0.15) is 5.26 Å². The third kappa shape index (κ3) is 5.02. The van der Waals surface area contributed by atoms with Gasteiger partial charge in [-0.05, 0) is 59.0 Å². The van der Waals surface area contributed by atoms with E-state index in [0.29, 0.717) is 11.3 Å². The second-order valence-electron chi connectivity index (χ2n) is 6.93. The third-order valence-electron chi connectivity index (χ3n) is 4.03. The molecule has 2 aromatic rings. The second-order valence-corrected chi connectivity index (χ2v) is 8.17. The van der Waals surface area contributed by atoms with Gasteiger partial charge in [0.15, 0.2) is 17.7 Å². The van der Waals surface area contributed by atoms with E-state index in [1.807, 2.05) is 39.1 Å². The fourth-order valence-corrected chi connectivity index (χ4v) is 2.63. The number of aromatic nitrogens is 1. The van der Waals surface area contributed by atoms with Gasteiger partial charge < -0.3 is 11.1 Å². The first-order valence-electron chi connectivity index (χ1n) is 8.18. The predicted octanol–water partition coefficient (Wildman–Crippen LogP) is 2.92. The molecule has 2 rings (SSSR count). The van der Waals surface area contributed by atoms with Crippen LogP contribution in [0.25, 0.3) is 0 Å². The summed E-state index contributed by atoms with van der Waals surface area (Å²) in [5.74, 6) is -0.230. The molecule has 0 spiro atoms. The molecular formula is C19H21IN6O. The Bertz CT molecular complexity index is 868. The number of nitrogens with one attached hydrogen (secondary N) is 2. The summed E-state index contributed by atoms with van der Waals surface area (Å²) in [4.78, 5) is 21.2. The largest absolute Gasteiger partial charge is 0.327 e. The van der Waals surface area contributed by atoms with Crippen molar-refractivity contribution in [3.05, 3.63) is 57.9 Å². The molecule has 1 unspecified atom stereocenters. The Morgan fingerprint density at radius 2 is 1.93 bits per heavy atom. The summed E-state index contributed by atoms with van der Waals surface area (Å²) < 4.78 is 1.02. The van der Waals surface area contributed by atoms with Crippen molar-refractivity contribution in [3.8, 4) is 6.19 Å². The zero-order valence-corrected chi connectivity index (χ0v) is 17.5. The number of carbonyl (C=O) groups is 1. The molecule has 0 bridgehead atoms. The highest BCUT2D eigenvalue weighted by Gasteiger charge is 2.45. The monoisotopic (exact) mass is 476 g/mol. The zero-order valence-electron chi connectivity index (χ0n) is 15.3. The van der Waals surface area contributed by atoms with Gasteiger partial charge in [0.25, 0.3) is 5.91 Å². The molecule has 1 aromatic carbocycles. The Morgan fingerprint density at radius 1 is 1.26 bits per heavy atom. The van der Waals surface area contributed by atoms with Crippen molar-refractivity contribution in [3.63, 3.8) is 0 Å². The topological polar surface area (TPSA) is 116 Å². The molecule has 0 aliphatic rings. The number of nitrogens with two attached hydrogens (primary N) is 1. The summed E-state index contributed by atoms with van der Waals surface area (Å²) in [5, 5.41) is 14.6. The highest BCUT2D eigenvalue weighted by atomic mass is 127. The minimum Gasteiger partial charge on any atom is -0.327 e. The van der Waals surface area contributed by atoms with Gasteiger partial charge in [-0.25, -0.2) is 4.99 Å². The van der Waals surface area contributed by atoms with Crippen LogP contribution >= 0.6 is 22.6 Å². The van der Waals surface area contributed by atoms with Crippen LogP contribution < -0.4 is 16.4 Å². The van der Waals surface area contributed by atoms with Gasteiger partial charge in [-0.1, -0.05) is 20.8 Å². The number of pyridine rings is 1. The highest BCUT2D eigenvalue weighted by molar-refractivity contribution is 14.1. The number of hydrogen-bond acceptors (Lipinski definition) is 5. The van der Waals surface area contributed by atoms with E-state index in [9.17, 15) is 10.1 Å². The molecule has 1 amide bonds. The summed E-state index contributed by atoms with van der Waals surface area (Å²) in [6, 6.07) is 10.6. The van der Waals surface area contributed by atoms with Crippen molar-refractivity contribution in [2.45, 2.75) is 26.4 Å². The number of hydrogen-bond donors (Lipinski definition) is 3. The van der Waals surface area contributed by atoms with Crippen LogP contribution in [0.2, 0.25) is 0 Å². The second kappa shape index (κ2) is 8.45. The van der Waals surface area contributed by atoms with Crippen LogP contribution in [0.4, 0.5) is 5.69 Å². The molecule has 0 aliphatic heterocycles. The molecule has 4 N–H and O–H groups in total. The number of halogens is 1. The van der Waals surface area contributed by atoms with E-state index >= 15 is 0 Å². The van der Waals surface area contributed by atoms with Gasteiger partial charge >= 0.3 is 0 Å². The van der Waals surface area contributed by atoms with Crippen LogP contribution in [-0.2, 0) is 0 Å². The molecule has 8 heteroatoms. The molecule has 0 aliphatic carbocycles. The number of aliphatic imine (C=N–C) groups is 1. The van der Waals surface area contributed by atoms with E-state index < -0.39 is 11.1 Å². The van der Waals surface area contributed by atoms with Gasteiger partial charge in [0.2, 0.25) is 0 Å². The van der Waals surface area contributed by atoms with Gasteiger partial charge in [0.1, 0.15) is 0 Å². The van der Waals surface area contributed by atoms with Crippen LogP contribution in [0, 0.1) is 20.4 Å². The van der Waals surface area contributed by atoms with E-state index in [1.54, 1.807) is 36.7 Å². The van der Waals surface area contributed by atoms with Gasteiger partial charge in [0.05, 0.1) is 11.9 Å². The summed E-state index contributed by atoms with van der Waals surface area (Å²) in [5.41, 5.74) is 5.51. The molecule has 1 aromatic heterocycles. The minimum atomic E-state index is -1.43. The number of benzene rings is 1. The molecule has 0 fully saturated rings. The van der Waals surface area contributed by atoms with Gasteiger partial charge in [-0.15, -0.1) is 0 Å². The quantitative estimate of drug-likeness (QED) is 0.157. The SMILES string of the molecule is CC(C)(C)C(N)(NC(=O)c1ccc(I)cc1)C(=Nc1cccnc1)NC#N. The maximum Gasteiger partial charge on any atom is 0.253 e. The number of rotatable bonds is 4. The summed E-state index contributed by atoms with van der Waals surface area (Å²) in [6.07, 6.45) is 5.02. The number of nitrogens with zero attached hydrogens (tertiary/aromatic N) is 3. The maximum atomic E-state index is 12.8. The lowest BCUT2D eigenvalue weighted by molar-refractivity contribution is 0.0865. The Balaban J connectivity index is 2.47. The zero-order chi connectivity index (χ0) is 20.1. The van der Waals surface area contributed by atoms with Crippen molar-refractivity contribution >= 4 is 40.0 Å². The van der Waals surface area contributed by atoms with Crippen LogP contribution in [0.3, 0.4) is 0 Å².